The molecule has 1 atom stereocenters. The SMILES string of the molecule is CS(c1ccccc1)(c1ccc(Sc2ccc3sc4ccccc4c(=O)c3c2)cc1)c1ccc2sc3ccccc3c(=O)c2c1. The Kier molecular flexibility index (Phi) is 7.11. The van der Waals surface area contributed by atoms with Crippen LogP contribution >= 0.6 is 44.5 Å². The molecule has 0 aliphatic heterocycles. The van der Waals surface area contributed by atoms with Gasteiger partial charge in [-0.15, -0.1) is 22.7 Å². The molecule has 6 heteroatoms. The van der Waals surface area contributed by atoms with Crippen molar-refractivity contribution in [3.63, 3.8) is 0 Å². The minimum absolute atomic E-state index is 0.0878. The summed E-state index contributed by atoms with van der Waals surface area (Å²) in [5.74, 6) is 0. The summed E-state index contributed by atoms with van der Waals surface area (Å²) in [5.41, 5.74) is 0.179. The summed E-state index contributed by atoms with van der Waals surface area (Å²) in [6.07, 6.45) is 2.32. The zero-order valence-electron chi connectivity index (χ0n) is 24.2. The van der Waals surface area contributed by atoms with Gasteiger partial charge in [-0.25, -0.2) is 0 Å². The zero-order chi connectivity index (χ0) is 30.5. The van der Waals surface area contributed by atoms with Gasteiger partial charge < -0.3 is 0 Å². The average Bonchev–Trinajstić information content (AvgIpc) is 3.09. The van der Waals surface area contributed by atoms with E-state index in [9.17, 15) is 9.59 Å². The van der Waals surface area contributed by atoms with Crippen molar-refractivity contribution in [1.82, 2.24) is 0 Å². The second-order valence-corrected chi connectivity index (χ2v) is 17.5. The molecule has 0 saturated carbocycles. The van der Waals surface area contributed by atoms with E-state index in [0.29, 0.717) is 0 Å². The number of fused-ring (bicyclic) bond motifs is 4. The van der Waals surface area contributed by atoms with Crippen LogP contribution in [0.2, 0.25) is 0 Å². The molecule has 0 saturated heterocycles. The second-order valence-electron chi connectivity index (χ2n) is 11.0. The largest absolute Gasteiger partial charge is 0.289 e. The lowest BCUT2D eigenvalue weighted by Crippen LogP contribution is -2.05. The molecule has 0 fully saturated rings. The zero-order valence-corrected chi connectivity index (χ0v) is 27.5. The first-order chi connectivity index (χ1) is 22.0. The molecule has 0 N–H and O–H groups in total. The highest BCUT2D eigenvalue weighted by molar-refractivity contribution is 8.33. The van der Waals surface area contributed by atoms with Crippen LogP contribution in [0.25, 0.3) is 40.3 Å². The summed E-state index contributed by atoms with van der Waals surface area (Å²) in [5, 5.41) is 3.10. The van der Waals surface area contributed by atoms with Crippen LogP contribution in [-0.4, -0.2) is 6.26 Å². The first-order valence-corrected chi connectivity index (χ1v) is 19.0. The van der Waals surface area contributed by atoms with E-state index in [4.69, 9.17) is 0 Å². The summed E-state index contributed by atoms with van der Waals surface area (Å²) in [4.78, 5) is 32.7. The van der Waals surface area contributed by atoms with Gasteiger partial charge in [-0.05, 0) is 118 Å². The van der Waals surface area contributed by atoms with Gasteiger partial charge in [0.1, 0.15) is 0 Å². The third-order valence-electron chi connectivity index (χ3n) is 8.31. The van der Waals surface area contributed by atoms with Crippen LogP contribution in [0.1, 0.15) is 0 Å². The molecule has 1 unspecified atom stereocenters. The molecule has 0 radical (unpaired) electrons. The predicted molar refractivity (Wildman–Crippen MR) is 197 cm³/mol. The van der Waals surface area contributed by atoms with Gasteiger partial charge in [0, 0.05) is 50.1 Å². The molecular weight excluding hydrogens is 629 g/mol. The number of hydrogen-bond donors (Lipinski definition) is 0. The maximum atomic E-state index is 13.6. The van der Waals surface area contributed by atoms with Crippen molar-refractivity contribution in [3.8, 4) is 0 Å². The van der Waals surface area contributed by atoms with Gasteiger partial charge in [0.2, 0.25) is 0 Å². The van der Waals surface area contributed by atoms with Crippen LogP contribution in [-0.2, 0) is 0 Å². The van der Waals surface area contributed by atoms with Crippen LogP contribution in [0.4, 0.5) is 0 Å². The van der Waals surface area contributed by atoms with Crippen molar-refractivity contribution in [2.24, 2.45) is 0 Å². The van der Waals surface area contributed by atoms with Crippen LogP contribution in [0.15, 0.2) is 174 Å². The topological polar surface area (TPSA) is 34.1 Å². The third-order valence-corrected chi connectivity index (χ3v) is 15.2. The smallest absolute Gasteiger partial charge is 0.195 e. The molecule has 0 spiro atoms. The minimum atomic E-state index is -1.66. The maximum absolute atomic E-state index is 13.6. The molecule has 0 aliphatic rings. The van der Waals surface area contributed by atoms with Crippen LogP contribution in [0, 0.1) is 0 Å². The highest BCUT2D eigenvalue weighted by Gasteiger charge is 2.26. The Morgan fingerprint density at radius 1 is 0.444 bits per heavy atom. The molecule has 8 aromatic rings. The van der Waals surface area contributed by atoms with Gasteiger partial charge in [-0.1, -0.05) is 54.2 Å². The van der Waals surface area contributed by atoms with E-state index in [2.05, 4.69) is 85.1 Å². The quantitative estimate of drug-likeness (QED) is 0.173. The Morgan fingerprint density at radius 3 is 1.56 bits per heavy atom. The molecular formula is C39H26O2S4. The lowest BCUT2D eigenvalue weighted by Gasteiger charge is -2.37. The lowest BCUT2D eigenvalue weighted by molar-refractivity contribution is 1.27. The van der Waals surface area contributed by atoms with Crippen molar-refractivity contribution < 1.29 is 0 Å². The monoisotopic (exact) mass is 654 g/mol. The molecule has 0 aliphatic carbocycles. The highest BCUT2D eigenvalue weighted by Crippen LogP contribution is 2.66. The fourth-order valence-electron chi connectivity index (χ4n) is 5.90. The minimum Gasteiger partial charge on any atom is -0.289 e. The van der Waals surface area contributed by atoms with Crippen LogP contribution in [0.3, 0.4) is 0 Å². The standard InChI is InChI=1S/C39H26O2S4/c1-45(27-9-3-2-4-10-27,29-20-22-37-33(24-29)39(41)31-12-6-8-14-35(31)44-37)28-18-15-25(16-19-28)42-26-17-21-36-32(23-26)38(40)30-11-5-7-13-34(30)43-36/h2-24H,1H3. The summed E-state index contributed by atoms with van der Waals surface area (Å²) >= 11 is 4.99. The maximum Gasteiger partial charge on any atom is 0.195 e. The van der Waals surface area contributed by atoms with Crippen molar-refractivity contribution in [2.75, 3.05) is 6.26 Å². The van der Waals surface area contributed by atoms with E-state index >= 15 is 0 Å². The first-order valence-electron chi connectivity index (χ1n) is 14.5. The molecule has 2 aromatic heterocycles. The lowest BCUT2D eigenvalue weighted by atomic mass is 10.2. The van der Waals surface area contributed by atoms with Gasteiger partial charge in [-0.2, -0.15) is 10.0 Å². The van der Waals surface area contributed by atoms with Gasteiger partial charge in [-0.3, -0.25) is 9.59 Å². The van der Waals surface area contributed by atoms with E-state index in [1.54, 1.807) is 34.4 Å². The Hall–Kier alpha value is -4.20. The van der Waals surface area contributed by atoms with Crippen LogP contribution in [0.5, 0.6) is 0 Å². The molecule has 0 bridgehead atoms. The highest BCUT2D eigenvalue weighted by atomic mass is 32.3. The summed E-state index contributed by atoms with van der Waals surface area (Å²) in [6, 6.07) is 47.8. The summed E-state index contributed by atoms with van der Waals surface area (Å²) in [6.45, 7) is 0. The third kappa shape index (κ3) is 4.89. The number of rotatable bonds is 5. The second kappa shape index (κ2) is 11.3. The van der Waals surface area contributed by atoms with E-state index in [0.717, 1.165) is 55.0 Å². The van der Waals surface area contributed by atoms with E-state index in [1.807, 2.05) is 60.7 Å². The van der Waals surface area contributed by atoms with Crippen molar-refractivity contribution >= 4 is 84.8 Å². The van der Waals surface area contributed by atoms with E-state index in [1.165, 1.54) is 9.79 Å². The van der Waals surface area contributed by atoms with Gasteiger partial charge >= 0.3 is 0 Å². The van der Waals surface area contributed by atoms with Gasteiger partial charge in [0.15, 0.2) is 10.9 Å². The normalized spacial score (nSPS) is 13.7. The first kappa shape index (κ1) is 28.3. The molecule has 8 rings (SSSR count). The molecule has 45 heavy (non-hydrogen) atoms. The summed E-state index contributed by atoms with van der Waals surface area (Å²) in [7, 11) is -1.66. The Morgan fingerprint density at radius 2 is 0.911 bits per heavy atom. The van der Waals surface area contributed by atoms with Crippen molar-refractivity contribution in [2.45, 2.75) is 24.5 Å². The fourth-order valence-corrected chi connectivity index (χ4v) is 11.8. The average molecular weight is 655 g/mol. The molecule has 0 amide bonds. The van der Waals surface area contributed by atoms with Crippen LogP contribution < -0.4 is 10.9 Å². The number of hydrogen-bond acceptors (Lipinski definition) is 5. The number of benzene rings is 6. The Bertz CT molecular complexity index is 2520. The molecule has 218 valence electrons. The summed E-state index contributed by atoms with van der Waals surface area (Å²) < 4.78 is 4.04. The van der Waals surface area contributed by atoms with E-state index < -0.39 is 10.0 Å². The molecule has 2 heterocycles. The van der Waals surface area contributed by atoms with Gasteiger partial charge in [0.25, 0.3) is 0 Å². The fraction of sp³-hybridized carbons (Fsp3) is 0.0256. The van der Waals surface area contributed by atoms with E-state index in [-0.39, 0.29) is 10.9 Å². The van der Waals surface area contributed by atoms with Crippen molar-refractivity contribution in [1.29, 1.82) is 0 Å². The van der Waals surface area contributed by atoms with Crippen molar-refractivity contribution in [3.05, 3.63) is 160 Å². The molecule has 2 nitrogen and oxygen atoms in total. The van der Waals surface area contributed by atoms with Gasteiger partial charge in [0.05, 0.1) is 0 Å². The Balaban J connectivity index is 1.19. The predicted octanol–water partition coefficient (Wildman–Crippen LogP) is 11.2. The Labute approximate surface area is 274 Å². The molecule has 6 aromatic carbocycles.